The minimum atomic E-state index is -0.985. The number of likely N-dealkylation sites (tertiary alicyclic amines) is 1. The molecule has 1 aliphatic rings. The lowest BCUT2D eigenvalue weighted by atomic mass is 10.1. The van der Waals surface area contributed by atoms with E-state index in [1.54, 1.807) is 11.0 Å². The molecule has 7 heteroatoms. The highest BCUT2D eigenvalue weighted by atomic mass is 16.4. The Morgan fingerprint density at radius 2 is 2.26 bits per heavy atom. The van der Waals surface area contributed by atoms with Gasteiger partial charge in [-0.05, 0) is 18.9 Å². The summed E-state index contributed by atoms with van der Waals surface area (Å²) in [5.74, 6) is -1.18. The molecule has 2 N–H and O–H groups in total. The number of carboxylic acid groups (broad SMARTS) is 1. The van der Waals surface area contributed by atoms with Gasteiger partial charge in [0, 0.05) is 24.9 Å². The third-order valence-corrected chi connectivity index (χ3v) is 3.18. The van der Waals surface area contributed by atoms with E-state index >= 15 is 0 Å². The van der Waals surface area contributed by atoms with Crippen LogP contribution in [0.25, 0.3) is 0 Å². The van der Waals surface area contributed by atoms with Crippen molar-refractivity contribution in [3.8, 4) is 0 Å². The summed E-state index contributed by atoms with van der Waals surface area (Å²) >= 11 is 0. The maximum Gasteiger partial charge on any atom is 0.345 e. The number of carboxylic acids is 1. The summed E-state index contributed by atoms with van der Waals surface area (Å²) in [6, 6.07) is 1.49. The highest BCUT2D eigenvalue weighted by Gasteiger charge is 2.30. The normalized spacial score (nSPS) is 18.5. The lowest BCUT2D eigenvalue weighted by Crippen LogP contribution is -2.32. The molecular weight excluding hydrogens is 250 g/mol. The van der Waals surface area contributed by atoms with Crippen LogP contribution in [0.3, 0.4) is 0 Å². The summed E-state index contributed by atoms with van der Waals surface area (Å²) in [6.45, 7) is 0.591. The Bertz CT molecular complexity index is 540. The predicted octanol–water partition coefficient (Wildman–Crippen LogP) is 0.298. The second-order valence-electron chi connectivity index (χ2n) is 4.47. The van der Waals surface area contributed by atoms with E-state index in [9.17, 15) is 14.4 Å². The summed E-state index contributed by atoms with van der Waals surface area (Å²) in [5.41, 5.74) is 0.212. The molecule has 1 amide bonds. The Hall–Kier alpha value is -2.18. The smallest absolute Gasteiger partial charge is 0.345 e. The summed E-state index contributed by atoms with van der Waals surface area (Å²) in [7, 11) is 0. The quantitative estimate of drug-likeness (QED) is 0.814. The molecule has 102 valence electrons. The van der Waals surface area contributed by atoms with Gasteiger partial charge in [-0.15, -0.1) is 0 Å². The topological polar surface area (TPSA) is 103 Å². The van der Waals surface area contributed by atoms with Crippen LogP contribution >= 0.6 is 0 Å². The van der Waals surface area contributed by atoms with Crippen molar-refractivity contribution >= 4 is 11.9 Å². The van der Waals surface area contributed by atoms with Gasteiger partial charge in [-0.1, -0.05) is 0 Å². The number of rotatable bonds is 4. The first-order valence-electron chi connectivity index (χ1n) is 6.14. The minimum absolute atomic E-state index is 0.0127. The molecule has 1 aromatic heterocycles. The number of nitrogens with zero attached hydrogens (tertiary/aromatic N) is 2. The Labute approximate surface area is 109 Å². The fourth-order valence-electron chi connectivity index (χ4n) is 2.32. The van der Waals surface area contributed by atoms with Crippen molar-refractivity contribution in [3.63, 3.8) is 0 Å². The van der Waals surface area contributed by atoms with Crippen molar-refractivity contribution in [2.75, 3.05) is 6.54 Å². The van der Waals surface area contributed by atoms with E-state index in [4.69, 9.17) is 5.11 Å². The summed E-state index contributed by atoms with van der Waals surface area (Å²) in [5, 5.41) is 8.60. The second-order valence-corrected chi connectivity index (χ2v) is 4.47. The molecule has 2 rings (SSSR count). The molecular formula is C12H15N3O4. The van der Waals surface area contributed by atoms with Gasteiger partial charge >= 0.3 is 11.7 Å². The Morgan fingerprint density at radius 3 is 2.95 bits per heavy atom. The molecule has 0 aliphatic carbocycles. The number of hydrogen-bond acceptors (Lipinski definition) is 4. The number of carbonyl (C=O) groups is 2. The van der Waals surface area contributed by atoms with Crippen molar-refractivity contribution < 1.29 is 14.7 Å². The van der Waals surface area contributed by atoms with Crippen molar-refractivity contribution in [1.82, 2.24) is 14.9 Å². The molecule has 0 radical (unpaired) electrons. The highest BCUT2D eigenvalue weighted by Crippen LogP contribution is 2.30. The number of aliphatic carboxylic acids is 1. The Balaban J connectivity index is 2.10. The van der Waals surface area contributed by atoms with E-state index in [-0.39, 0.29) is 24.8 Å². The average molecular weight is 265 g/mol. The number of H-pyrrole nitrogens is 1. The molecule has 1 aromatic rings. The average Bonchev–Trinajstić information content (AvgIpc) is 2.85. The molecule has 1 fully saturated rings. The van der Waals surface area contributed by atoms with Crippen LogP contribution in [0, 0.1) is 0 Å². The van der Waals surface area contributed by atoms with Gasteiger partial charge in [-0.2, -0.15) is 0 Å². The molecule has 7 nitrogen and oxygen atoms in total. The monoisotopic (exact) mass is 265 g/mol. The molecule has 1 aliphatic heterocycles. The van der Waals surface area contributed by atoms with Crippen LogP contribution in [0.15, 0.2) is 17.1 Å². The summed E-state index contributed by atoms with van der Waals surface area (Å²) in [6.07, 6.45) is 2.83. The largest absolute Gasteiger partial charge is 0.481 e. The molecule has 0 saturated carbocycles. The van der Waals surface area contributed by atoms with Crippen LogP contribution in [-0.4, -0.2) is 38.4 Å². The van der Waals surface area contributed by atoms with Crippen LogP contribution < -0.4 is 5.69 Å². The van der Waals surface area contributed by atoms with Crippen LogP contribution in [0.2, 0.25) is 0 Å². The number of nitrogens with one attached hydrogen (secondary N) is 1. The first kappa shape index (κ1) is 13.3. The molecule has 1 atom stereocenters. The predicted molar refractivity (Wildman–Crippen MR) is 65.4 cm³/mol. The first-order chi connectivity index (χ1) is 9.08. The van der Waals surface area contributed by atoms with Gasteiger partial charge in [0.2, 0.25) is 5.91 Å². The number of carbonyl (C=O) groups excluding carboxylic acids is 1. The zero-order valence-corrected chi connectivity index (χ0v) is 10.3. The maximum atomic E-state index is 12.0. The van der Waals surface area contributed by atoms with Gasteiger partial charge in [0.15, 0.2) is 0 Å². The van der Waals surface area contributed by atoms with E-state index in [1.165, 1.54) is 6.20 Å². The van der Waals surface area contributed by atoms with Crippen LogP contribution in [0.4, 0.5) is 0 Å². The lowest BCUT2D eigenvalue weighted by Gasteiger charge is -2.24. The van der Waals surface area contributed by atoms with Gasteiger partial charge < -0.3 is 15.0 Å². The van der Waals surface area contributed by atoms with Crippen molar-refractivity contribution in [2.45, 2.75) is 31.7 Å². The molecule has 0 bridgehead atoms. The molecule has 1 saturated heterocycles. The number of aromatic nitrogens is 2. The Kier molecular flexibility index (Phi) is 3.94. The van der Waals surface area contributed by atoms with E-state index in [0.29, 0.717) is 12.2 Å². The Morgan fingerprint density at radius 1 is 1.47 bits per heavy atom. The lowest BCUT2D eigenvalue weighted by molar-refractivity contribution is -0.141. The van der Waals surface area contributed by atoms with Gasteiger partial charge in [0.25, 0.3) is 0 Å². The molecule has 19 heavy (non-hydrogen) atoms. The third kappa shape index (κ3) is 3.18. The molecule has 2 heterocycles. The van der Waals surface area contributed by atoms with Crippen LogP contribution in [0.1, 0.15) is 37.4 Å². The zero-order chi connectivity index (χ0) is 13.8. The van der Waals surface area contributed by atoms with Crippen LogP contribution in [-0.2, 0) is 9.59 Å². The summed E-state index contributed by atoms with van der Waals surface area (Å²) < 4.78 is 0. The van der Waals surface area contributed by atoms with E-state index in [0.717, 1.165) is 12.8 Å². The highest BCUT2D eigenvalue weighted by molar-refractivity contribution is 5.81. The van der Waals surface area contributed by atoms with Gasteiger partial charge in [0.1, 0.15) is 0 Å². The maximum absolute atomic E-state index is 12.0. The van der Waals surface area contributed by atoms with Crippen molar-refractivity contribution in [1.29, 1.82) is 0 Å². The fourth-order valence-corrected chi connectivity index (χ4v) is 2.32. The number of aromatic amines is 1. The fraction of sp³-hybridized carbons (Fsp3) is 0.500. The van der Waals surface area contributed by atoms with E-state index in [2.05, 4.69) is 9.97 Å². The minimum Gasteiger partial charge on any atom is -0.481 e. The standard InChI is InChI=1S/C12H15N3O4/c16-10(3-4-11(17)18)15-7-1-2-9(15)8-5-6-13-12(19)14-8/h5-6,9H,1-4,7H2,(H,17,18)(H,13,14,19)/t9-/m1/s1. The van der Waals surface area contributed by atoms with Gasteiger partial charge in [-0.25, -0.2) is 9.78 Å². The molecule has 0 aromatic carbocycles. The SMILES string of the molecule is O=C(O)CCC(=O)N1CCC[C@@H]1c1ccnc(=O)[nH]1. The van der Waals surface area contributed by atoms with Gasteiger partial charge in [0.05, 0.1) is 12.5 Å². The van der Waals surface area contributed by atoms with Crippen molar-refractivity contribution in [3.05, 3.63) is 28.4 Å². The molecule has 0 unspecified atom stereocenters. The second kappa shape index (κ2) is 5.64. The van der Waals surface area contributed by atoms with E-state index < -0.39 is 11.7 Å². The molecule has 0 spiro atoms. The number of amides is 1. The summed E-state index contributed by atoms with van der Waals surface area (Å²) in [4.78, 5) is 41.5. The first-order valence-corrected chi connectivity index (χ1v) is 6.14. The third-order valence-electron chi connectivity index (χ3n) is 3.18. The van der Waals surface area contributed by atoms with E-state index in [1.807, 2.05) is 0 Å². The zero-order valence-electron chi connectivity index (χ0n) is 10.3. The number of hydrogen-bond donors (Lipinski definition) is 2. The van der Waals surface area contributed by atoms with Crippen LogP contribution in [0.5, 0.6) is 0 Å². The van der Waals surface area contributed by atoms with Gasteiger partial charge in [-0.3, -0.25) is 9.59 Å². The van der Waals surface area contributed by atoms with Crippen molar-refractivity contribution in [2.24, 2.45) is 0 Å².